The summed E-state index contributed by atoms with van der Waals surface area (Å²) in [5, 5.41) is 8.54. The van der Waals surface area contributed by atoms with Gasteiger partial charge in [0.2, 0.25) is 10.0 Å². The molecule has 21 heavy (non-hydrogen) atoms. The van der Waals surface area contributed by atoms with Crippen molar-refractivity contribution in [2.75, 3.05) is 18.8 Å². The number of aliphatic carboxylic acids is 1. The second-order valence-corrected chi connectivity index (χ2v) is 6.25. The molecule has 1 N–H and O–H groups in total. The smallest absolute Gasteiger partial charge is 0.402 e. The molecule has 0 unspecified atom stereocenters. The van der Waals surface area contributed by atoms with Crippen LogP contribution in [-0.4, -0.2) is 53.8 Å². The molecule has 1 heterocycles. The molecule has 0 radical (unpaired) electrons. The Morgan fingerprint density at radius 3 is 2.48 bits per heavy atom. The van der Waals surface area contributed by atoms with Gasteiger partial charge in [-0.15, -0.1) is 0 Å². The summed E-state index contributed by atoms with van der Waals surface area (Å²) >= 11 is 0. The summed E-state index contributed by atoms with van der Waals surface area (Å²) in [7, 11) is -4.36. The summed E-state index contributed by atoms with van der Waals surface area (Å²) in [5.41, 5.74) is 0.392. The van der Waals surface area contributed by atoms with Gasteiger partial charge in [-0.25, -0.2) is 8.42 Å². The van der Waals surface area contributed by atoms with Crippen molar-refractivity contribution in [3.63, 3.8) is 0 Å². The molecule has 0 atom stereocenters. The van der Waals surface area contributed by atoms with E-state index >= 15 is 0 Å². The lowest BCUT2D eigenvalue weighted by molar-refractivity contribution is -0.146. The van der Waals surface area contributed by atoms with Gasteiger partial charge in [-0.1, -0.05) is 6.07 Å². The number of hydrogen-bond acceptors (Lipinski definition) is 4. The van der Waals surface area contributed by atoms with E-state index in [9.17, 15) is 26.4 Å². The zero-order valence-electron chi connectivity index (χ0n) is 10.7. The number of aromatic nitrogens is 1. The molecule has 0 aliphatic rings. The van der Waals surface area contributed by atoms with Crippen LogP contribution in [0.5, 0.6) is 0 Å². The zero-order chi connectivity index (χ0) is 16.1. The molecule has 0 spiro atoms. The highest BCUT2D eigenvalue weighted by molar-refractivity contribution is 7.89. The van der Waals surface area contributed by atoms with Crippen molar-refractivity contribution >= 4 is 16.0 Å². The van der Waals surface area contributed by atoms with Gasteiger partial charge in [0, 0.05) is 18.3 Å². The lowest BCUT2D eigenvalue weighted by atomic mass is 10.3. The molecule has 0 fully saturated rings. The van der Waals surface area contributed by atoms with Gasteiger partial charge < -0.3 is 5.11 Å². The summed E-state index contributed by atoms with van der Waals surface area (Å²) in [6.45, 7) is -3.06. The van der Waals surface area contributed by atoms with E-state index in [4.69, 9.17) is 5.11 Å². The van der Waals surface area contributed by atoms with Gasteiger partial charge in [-0.05, 0) is 12.1 Å². The van der Waals surface area contributed by atoms with Crippen molar-refractivity contribution in [1.29, 1.82) is 0 Å². The van der Waals surface area contributed by atoms with E-state index in [1.807, 2.05) is 0 Å². The number of hydrogen-bond donors (Lipinski definition) is 1. The monoisotopic (exact) mass is 326 g/mol. The van der Waals surface area contributed by atoms with Crippen LogP contribution in [0.4, 0.5) is 13.2 Å². The Balaban J connectivity index is 2.81. The van der Waals surface area contributed by atoms with Crippen molar-refractivity contribution < 1.29 is 31.5 Å². The molecule has 1 rings (SSSR count). The average molecular weight is 326 g/mol. The quantitative estimate of drug-likeness (QED) is 0.804. The Hall–Kier alpha value is -1.68. The molecule has 118 valence electrons. The number of carbonyl (C=O) groups is 1. The van der Waals surface area contributed by atoms with Crippen molar-refractivity contribution in [3.05, 3.63) is 30.1 Å². The highest BCUT2D eigenvalue weighted by Gasteiger charge is 2.37. The maximum atomic E-state index is 12.3. The van der Waals surface area contributed by atoms with Crippen LogP contribution >= 0.6 is 0 Å². The van der Waals surface area contributed by atoms with E-state index in [-0.39, 0.29) is 10.7 Å². The third-order valence-corrected chi connectivity index (χ3v) is 4.17. The Bertz CT molecular complexity index is 575. The highest BCUT2D eigenvalue weighted by atomic mass is 32.2. The van der Waals surface area contributed by atoms with Gasteiger partial charge >= 0.3 is 12.1 Å². The molecule has 6 nitrogen and oxygen atoms in total. The minimum Gasteiger partial charge on any atom is -0.480 e. The fraction of sp³-hybridized carbons (Fsp3) is 0.455. The van der Waals surface area contributed by atoms with Gasteiger partial charge in [0.15, 0.2) is 0 Å². The molecule has 0 aliphatic heterocycles. The van der Waals surface area contributed by atoms with Gasteiger partial charge in [-0.2, -0.15) is 17.5 Å². The van der Waals surface area contributed by atoms with Gasteiger partial charge in [-0.3, -0.25) is 9.78 Å². The van der Waals surface area contributed by atoms with Gasteiger partial charge in [0.1, 0.15) is 13.1 Å². The molecule has 0 amide bonds. The fourth-order valence-corrected chi connectivity index (χ4v) is 2.89. The van der Waals surface area contributed by atoms with Crippen LogP contribution < -0.4 is 0 Å². The third kappa shape index (κ3) is 6.54. The number of sulfonamides is 1. The minimum absolute atomic E-state index is 0.0850. The average Bonchev–Trinajstić information content (AvgIpc) is 2.35. The molecule has 1 aromatic heterocycles. The van der Waals surface area contributed by atoms with Crippen LogP contribution in [0, 0.1) is 0 Å². The molecular formula is C11H13F3N2O4S. The van der Waals surface area contributed by atoms with Gasteiger partial charge in [0.25, 0.3) is 0 Å². The van der Waals surface area contributed by atoms with E-state index < -0.39 is 41.0 Å². The first-order valence-electron chi connectivity index (χ1n) is 5.76. The Labute approximate surface area is 119 Å². The van der Waals surface area contributed by atoms with Crippen LogP contribution in [0.3, 0.4) is 0 Å². The maximum absolute atomic E-state index is 12.3. The zero-order valence-corrected chi connectivity index (χ0v) is 11.6. The SMILES string of the molecule is O=C(O)CN(CC(F)(F)F)S(=O)(=O)CCc1ccccn1. The van der Waals surface area contributed by atoms with Crippen LogP contribution in [0.25, 0.3) is 0 Å². The minimum atomic E-state index is -4.81. The summed E-state index contributed by atoms with van der Waals surface area (Å²) in [6.07, 6.45) is -3.49. The van der Waals surface area contributed by atoms with Crippen molar-refractivity contribution in [2.24, 2.45) is 0 Å². The maximum Gasteiger partial charge on any atom is 0.402 e. The molecule has 0 bridgehead atoms. The number of aryl methyl sites for hydroxylation is 1. The Morgan fingerprint density at radius 2 is 2.00 bits per heavy atom. The number of halogens is 3. The van der Waals surface area contributed by atoms with Crippen LogP contribution in [-0.2, 0) is 21.2 Å². The molecular weight excluding hydrogens is 313 g/mol. The van der Waals surface area contributed by atoms with Crippen molar-refractivity contribution in [2.45, 2.75) is 12.6 Å². The first kappa shape index (κ1) is 17.4. The normalized spacial score (nSPS) is 12.6. The topological polar surface area (TPSA) is 87.6 Å². The molecule has 0 aliphatic carbocycles. The molecule has 1 aromatic rings. The number of carboxylic acids is 1. The number of carboxylic acid groups (broad SMARTS) is 1. The summed E-state index contributed by atoms with van der Waals surface area (Å²) in [4.78, 5) is 14.4. The first-order chi connectivity index (χ1) is 9.60. The lowest BCUT2D eigenvalue weighted by Crippen LogP contribution is -2.43. The molecule has 0 saturated carbocycles. The molecule has 0 aromatic carbocycles. The molecule has 10 heteroatoms. The van der Waals surface area contributed by atoms with E-state index in [0.29, 0.717) is 5.69 Å². The standard InChI is InChI=1S/C11H13F3N2O4S/c12-11(13,14)8-16(7-10(17)18)21(19,20)6-4-9-3-1-2-5-15-9/h1-3,5H,4,6-8H2,(H,17,18). The summed E-state index contributed by atoms with van der Waals surface area (Å²) < 4.78 is 60.6. The first-order valence-corrected chi connectivity index (χ1v) is 7.37. The highest BCUT2D eigenvalue weighted by Crippen LogP contribution is 2.19. The predicted octanol–water partition coefficient (Wildman–Crippen LogP) is 0.903. The summed E-state index contributed by atoms with van der Waals surface area (Å²) in [5.74, 6) is -2.30. The van der Waals surface area contributed by atoms with Crippen LogP contribution in [0.1, 0.15) is 5.69 Å². The second-order valence-electron chi connectivity index (χ2n) is 4.16. The third-order valence-electron chi connectivity index (χ3n) is 2.40. The van der Waals surface area contributed by atoms with E-state index in [1.54, 1.807) is 12.1 Å². The second kappa shape index (κ2) is 6.85. The Kier molecular flexibility index (Phi) is 5.67. The van der Waals surface area contributed by atoms with Crippen LogP contribution in [0.15, 0.2) is 24.4 Å². The van der Waals surface area contributed by atoms with E-state index in [2.05, 4.69) is 4.98 Å². The largest absolute Gasteiger partial charge is 0.480 e. The van der Waals surface area contributed by atoms with Crippen molar-refractivity contribution in [1.82, 2.24) is 9.29 Å². The lowest BCUT2D eigenvalue weighted by Gasteiger charge is -2.21. The number of pyridine rings is 1. The van der Waals surface area contributed by atoms with Crippen LogP contribution in [0.2, 0.25) is 0 Å². The summed E-state index contributed by atoms with van der Waals surface area (Å²) in [6, 6.07) is 4.75. The van der Waals surface area contributed by atoms with E-state index in [1.165, 1.54) is 12.3 Å². The van der Waals surface area contributed by atoms with Crippen molar-refractivity contribution in [3.8, 4) is 0 Å². The molecule has 0 saturated heterocycles. The fourth-order valence-electron chi connectivity index (χ4n) is 1.51. The predicted molar refractivity (Wildman–Crippen MR) is 67.0 cm³/mol. The number of rotatable bonds is 7. The van der Waals surface area contributed by atoms with Gasteiger partial charge in [0.05, 0.1) is 5.75 Å². The number of alkyl halides is 3. The number of nitrogens with zero attached hydrogens (tertiary/aromatic N) is 2. The Morgan fingerprint density at radius 1 is 1.33 bits per heavy atom. The van der Waals surface area contributed by atoms with E-state index in [0.717, 1.165) is 0 Å².